The highest BCUT2D eigenvalue weighted by Crippen LogP contribution is 2.14. The second-order valence-electron chi connectivity index (χ2n) is 3.26. The molecule has 0 heterocycles. The van der Waals surface area contributed by atoms with E-state index in [1.807, 2.05) is 0 Å². The van der Waals surface area contributed by atoms with E-state index in [9.17, 15) is 9.59 Å². The predicted octanol–water partition coefficient (Wildman–Crippen LogP) is 1.71. The number of benzene rings is 1. The Morgan fingerprint density at radius 2 is 1.87 bits per heavy atom. The summed E-state index contributed by atoms with van der Waals surface area (Å²) in [6.45, 7) is 0. The quantitative estimate of drug-likeness (QED) is 0.569. The standard InChI is InChI=1S/C11H13NO3/c12-9-5-2-1-4-8(9)10(13)6-3-7-11(14)15/h1-2,4-5H,3,6-7,12H2,(H,14,15). The van der Waals surface area contributed by atoms with Gasteiger partial charge in [0.15, 0.2) is 5.78 Å². The third kappa shape index (κ3) is 3.42. The largest absolute Gasteiger partial charge is 0.481 e. The van der Waals surface area contributed by atoms with Crippen molar-refractivity contribution < 1.29 is 14.7 Å². The molecule has 0 saturated heterocycles. The van der Waals surface area contributed by atoms with Gasteiger partial charge in [-0.05, 0) is 18.6 Å². The van der Waals surface area contributed by atoms with E-state index in [0.29, 0.717) is 17.7 Å². The number of nitrogen functional groups attached to an aromatic ring is 1. The lowest BCUT2D eigenvalue weighted by Crippen LogP contribution is -2.04. The average Bonchev–Trinajstić information content (AvgIpc) is 2.17. The smallest absolute Gasteiger partial charge is 0.303 e. The van der Waals surface area contributed by atoms with Gasteiger partial charge in [-0.3, -0.25) is 9.59 Å². The van der Waals surface area contributed by atoms with Crippen LogP contribution in [-0.2, 0) is 4.79 Å². The maximum Gasteiger partial charge on any atom is 0.303 e. The molecule has 0 bridgehead atoms. The first-order valence-corrected chi connectivity index (χ1v) is 4.70. The van der Waals surface area contributed by atoms with Gasteiger partial charge in [0.1, 0.15) is 0 Å². The van der Waals surface area contributed by atoms with Crippen LogP contribution in [0.1, 0.15) is 29.6 Å². The van der Waals surface area contributed by atoms with Crippen molar-refractivity contribution in [3.8, 4) is 0 Å². The zero-order chi connectivity index (χ0) is 11.3. The zero-order valence-electron chi connectivity index (χ0n) is 8.27. The van der Waals surface area contributed by atoms with E-state index >= 15 is 0 Å². The number of aliphatic carboxylic acids is 1. The summed E-state index contributed by atoms with van der Waals surface area (Å²) in [7, 11) is 0. The highest BCUT2D eigenvalue weighted by atomic mass is 16.4. The first-order valence-electron chi connectivity index (χ1n) is 4.70. The normalized spacial score (nSPS) is 9.87. The van der Waals surface area contributed by atoms with E-state index in [-0.39, 0.29) is 18.6 Å². The van der Waals surface area contributed by atoms with E-state index in [2.05, 4.69) is 0 Å². The Morgan fingerprint density at radius 3 is 2.47 bits per heavy atom. The summed E-state index contributed by atoms with van der Waals surface area (Å²) < 4.78 is 0. The monoisotopic (exact) mass is 207 g/mol. The van der Waals surface area contributed by atoms with Gasteiger partial charge in [-0.25, -0.2) is 0 Å². The summed E-state index contributed by atoms with van der Waals surface area (Å²) >= 11 is 0. The van der Waals surface area contributed by atoms with Crippen LogP contribution in [0.15, 0.2) is 24.3 Å². The van der Waals surface area contributed by atoms with Crippen molar-refractivity contribution >= 4 is 17.4 Å². The molecule has 0 saturated carbocycles. The number of nitrogens with two attached hydrogens (primary N) is 1. The third-order valence-electron chi connectivity index (χ3n) is 2.06. The van der Waals surface area contributed by atoms with Gasteiger partial charge < -0.3 is 10.8 Å². The van der Waals surface area contributed by atoms with Gasteiger partial charge >= 0.3 is 5.97 Å². The highest BCUT2D eigenvalue weighted by molar-refractivity contribution is 6.00. The summed E-state index contributed by atoms with van der Waals surface area (Å²) in [6, 6.07) is 6.80. The Morgan fingerprint density at radius 1 is 1.20 bits per heavy atom. The number of ketones is 1. The second-order valence-corrected chi connectivity index (χ2v) is 3.26. The topological polar surface area (TPSA) is 80.4 Å². The van der Waals surface area contributed by atoms with Crippen LogP contribution in [0.3, 0.4) is 0 Å². The first-order chi connectivity index (χ1) is 7.11. The molecule has 0 radical (unpaired) electrons. The van der Waals surface area contributed by atoms with Crippen molar-refractivity contribution in [2.24, 2.45) is 0 Å². The lowest BCUT2D eigenvalue weighted by atomic mass is 10.0. The van der Waals surface area contributed by atoms with Crippen LogP contribution in [0, 0.1) is 0 Å². The Kier molecular flexibility index (Phi) is 3.85. The Labute approximate surface area is 87.7 Å². The number of carboxylic acids is 1. The molecule has 0 atom stereocenters. The number of hydrogen-bond acceptors (Lipinski definition) is 3. The maximum atomic E-state index is 11.6. The minimum absolute atomic E-state index is 0.0124. The van der Waals surface area contributed by atoms with Crippen molar-refractivity contribution in [1.82, 2.24) is 0 Å². The summed E-state index contributed by atoms with van der Waals surface area (Å²) in [5.41, 5.74) is 6.53. The number of carbonyl (C=O) groups is 2. The van der Waals surface area contributed by atoms with Crippen molar-refractivity contribution in [1.29, 1.82) is 0 Å². The number of carbonyl (C=O) groups excluding carboxylic acids is 1. The Bertz CT molecular complexity index is 374. The summed E-state index contributed by atoms with van der Waals surface area (Å²) in [5.74, 6) is -0.988. The van der Waals surface area contributed by atoms with E-state index in [4.69, 9.17) is 10.8 Å². The number of hydrogen-bond donors (Lipinski definition) is 2. The lowest BCUT2D eigenvalue weighted by molar-refractivity contribution is -0.137. The van der Waals surface area contributed by atoms with Crippen molar-refractivity contribution in [3.63, 3.8) is 0 Å². The predicted molar refractivity (Wildman–Crippen MR) is 56.7 cm³/mol. The summed E-state index contributed by atoms with van der Waals surface area (Å²) in [4.78, 5) is 21.8. The lowest BCUT2D eigenvalue weighted by Gasteiger charge is -2.03. The number of rotatable bonds is 5. The van der Waals surface area contributed by atoms with Gasteiger partial charge in [0, 0.05) is 24.1 Å². The fraction of sp³-hybridized carbons (Fsp3) is 0.273. The molecule has 1 aromatic rings. The second kappa shape index (κ2) is 5.14. The fourth-order valence-corrected chi connectivity index (χ4v) is 1.29. The fourth-order valence-electron chi connectivity index (χ4n) is 1.29. The minimum atomic E-state index is -0.885. The molecular weight excluding hydrogens is 194 g/mol. The van der Waals surface area contributed by atoms with Gasteiger partial charge in [0.05, 0.1) is 0 Å². The molecule has 3 N–H and O–H groups in total. The van der Waals surface area contributed by atoms with E-state index in [0.717, 1.165) is 0 Å². The molecule has 0 fully saturated rings. The molecule has 0 unspecified atom stereocenters. The summed E-state index contributed by atoms with van der Waals surface area (Å²) in [5, 5.41) is 8.42. The van der Waals surface area contributed by atoms with Gasteiger partial charge in [-0.2, -0.15) is 0 Å². The molecule has 4 heteroatoms. The molecule has 0 aliphatic heterocycles. The van der Waals surface area contributed by atoms with Crippen LogP contribution in [-0.4, -0.2) is 16.9 Å². The molecule has 15 heavy (non-hydrogen) atoms. The van der Waals surface area contributed by atoms with Crippen LogP contribution in [0.2, 0.25) is 0 Å². The van der Waals surface area contributed by atoms with Crippen LogP contribution in [0.5, 0.6) is 0 Å². The molecule has 0 spiro atoms. The molecule has 0 amide bonds. The average molecular weight is 207 g/mol. The van der Waals surface area contributed by atoms with Crippen LogP contribution < -0.4 is 5.73 Å². The van der Waals surface area contributed by atoms with Crippen molar-refractivity contribution in [3.05, 3.63) is 29.8 Å². The molecular formula is C11H13NO3. The van der Waals surface area contributed by atoms with Crippen LogP contribution in [0.4, 0.5) is 5.69 Å². The SMILES string of the molecule is Nc1ccccc1C(=O)CCCC(=O)O. The molecule has 1 aromatic carbocycles. The zero-order valence-corrected chi connectivity index (χ0v) is 8.27. The number of para-hydroxylation sites is 1. The minimum Gasteiger partial charge on any atom is -0.481 e. The molecule has 0 aromatic heterocycles. The first kappa shape index (κ1) is 11.2. The molecule has 80 valence electrons. The van der Waals surface area contributed by atoms with E-state index in [1.54, 1.807) is 24.3 Å². The number of anilines is 1. The third-order valence-corrected chi connectivity index (χ3v) is 2.06. The van der Waals surface area contributed by atoms with Crippen molar-refractivity contribution in [2.45, 2.75) is 19.3 Å². The molecule has 1 rings (SSSR count). The van der Waals surface area contributed by atoms with Crippen LogP contribution in [0.25, 0.3) is 0 Å². The Hall–Kier alpha value is -1.84. The molecule has 0 aliphatic rings. The number of Topliss-reactive ketones (excluding diaryl/α,β-unsaturated/α-hetero) is 1. The van der Waals surface area contributed by atoms with Crippen LogP contribution >= 0.6 is 0 Å². The van der Waals surface area contributed by atoms with E-state index < -0.39 is 5.97 Å². The Balaban J connectivity index is 2.54. The highest BCUT2D eigenvalue weighted by Gasteiger charge is 2.09. The molecule has 0 aliphatic carbocycles. The number of carboxylic acid groups (broad SMARTS) is 1. The maximum absolute atomic E-state index is 11.6. The van der Waals surface area contributed by atoms with Gasteiger partial charge in [-0.1, -0.05) is 12.1 Å². The van der Waals surface area contributed by atoms with Crippen molar-refractivity contribution in [2.75, 3.05) is 5.73 Å². The summed E-state index contributed by atoms with van der Waals surface area (Å²) in [6.07, 6.45) is 0.585. The molecule has 4 nitrogen and oxygen atoms in total. The van der Waals surface area contributed by atoms with Gasteiger partial charge in [0.2, 0.25) is 0 Å². The van der Waals surface area contributed by atoms with Gasteiger partial charge in [0.25, 0.3) is 0 Å². The van der Waals surface area contributed by atoms with E-state index in [1.165, 1.54) is 0 Å². The van der Waals surface area contributed by atoms with Gasteiger partial charge in [-0.15, -0.1) is 0 Å².